The lowest BCUT2D eigenvalue weighted by molar-refractivity contribution is -0.145. The number of thioether (sulfide) groups is 1. The van der Waals surface area contributed by atoms with E-state index in [1.165, 1.54) is 0 Å². The highest BCUT2D eigenvalue weighted by Crippen LogP contribution is 2.30. The summed E-state index contributed by atoms with van der Waals surface area (Å²) in [6, 6.07) is 0. The van der Waals surface area contributed by atoms with Gasteiger partial charge < -0.3 is 4.74 Å². The number of carbonyl (C=O) groups excluding carboxylic acids is 1. The van der Waals surface area contributed by atoms with E-state index in [9.17, 15) is 13.6 Å². The molecule has 0 aliphatic carbocycles. The summed E-state index contributed by atoms with van der Waals surface area (Å²) in [6.45, 7) is 10.00. The van der Waals surface area contributed by atoms with Gasteiger partial charge in [0, 0.05) is 24.0 Å². The van der Waals surface area contributed by atoms with Crippen molar-refractivity contribution in [3.05, 3.63) is 0 Å². The van der Waals surface area contributed by atoms with E-state index in [4.69, 9.17) is 4.74 Å². The van der Waals surface area contributed by atoms with Crippen molar-refractivity contribution in [3.63, 3.8) is 0 Å². The summed E-state index contributed by atoms with van der Waals surface area (Å²) in [7, 11) is 0. The minimum absolute atomic E-state index is 0.0339. The minimum Gasteiger partial charge on any atom is -0.464 e. The predicted octanol–water partition coefficient (Wildman–Crippen LogP) is 5.30. The fraction of sp³-hybridized carbons (Fsp3) is 0.938. The first kappa shape index (κ1) is 20.7. The third kappa shape index (κ3) is 12.0. The first-order valence-corrected chi connectivity index (χ1v) is 8.74. The Balaban J connectivity index is 3.90. The molecule has 0 radical (unpaired) electrons. The molecule has 0 aromatic heterocycles. The second kappa shape index (κ2) is 9.65. The summed E-state index contributed by atoms with van der Waals surface area (Å²) in [5, 5.41) is 0. The molecule has 0 atom stereocenters. The normalized spacial score (nSPS) is 12.8. The lowest BCUT2D eigenvalue weighted by atomic mass is 10.1. The van der Waals surface area contributed by atoms with E-state index in [-0.39, 0.29) is 29.5 Å². The van der Waals surface area contributed by atoms with Gasteiger partial charge in [-0.3, -0.25) is 4.79 Å². The highest BCUT2D eigenvalue weighted by atomic mass is 32.2. The number of alkyl halides is 2. The van der Waals surface area contributed by atoms with E-state index >= 15 is 0 Å². The molecule has 21 heavy (non-hydrogen) atoms. The van der Waals surface area contributed by atoms with E-state index in [0.717, 1.165) is 0 Å². The summed E-state index contributed by atoms with van der Waals surface area (Å²) in [5.74, 6) is -1.78. The van der Waals surface area contributed by atoms with E-state index in [1.807, 2.05) is 27.7 Å². The average Bonchev–Trinajstić information content (AvgIpc) is 2.32. The minimum atomic E-state index is -2.54. The quantitative estimate of drug-likeness (QED) is 0.381. The Morgan fingerprint density at radius 3 is 2.38 bits per heavy atom. The predicted molar refractivity (Wildman–Crippen MR) is 86.0 cm³/mol. The number of carbonyl (C=O) groups is 1. The molecule has 2 nitrogen and oxygen atoms in total. The van der Waals surface area contributed by atoms with Gasteiger partial charge in [0.2, 0.25) is 5.92 Å². The Labute approximate surface area is 132 Å². The molecule has 0 saturated heterocycles. The van der Waals surface area contributed by atoms with Crippen molar-refractivity contribution in [2.45, 2.75) is 77.4 Å². The monoisotopic (exact) mass is 324 g/mol. The zero-order valence-corrected chi connectivity index (χ0v) is 14.8. The van der Waals surface area contributed by atoms with E-state index in [2.05, 4.69) is 0 Å². The Bertz CT molecular complexity index is 305. The summed E-state index contributed by atoms with van der Waals surface area (Å²) in [4.78, 5) is 11.5. The average molecular weight is 324 g/mol. The van der Waals surface area contributed by atoms with Crippen LogP contribution in [-0.4, -0.2) is 29.0 Å². The lowest BCUT2D eigenvalue weighted by Crippen LogP contribution is -2.26. The van der Waals surface area contributed by atoms with Crippen LogP contribution < -0.4 is 0 Å². The van der Waals surface area contributed by atoms with Gasteiger partial charge in [-0.1, -0.05) is 27.2 Å². The van der Waals surface area contributed by atoms with Gasteiger partial charge in [-0.15, -0.1) is 0 Å². The van der Waals surface area contributed by atoms with Crippen molar-refractivity contribution in [3.8, 4) is 0 Å². The van der Waals surface area contributed by atoms with Crippen molar-refractivity contribution >= 4 is 17.7 Å². The Hall–Kier alpha value is -0.320. The zero-order chi connectivity index (χ0) is 16.5. The molecule has 0 aliphatic heterocycles. The third-order valence-electron chi connectivity index (χ3n) is 2.95. The molecule has 0 spiro atoms. The zero-order valence-electron chi connectivity index (χ0n) is 14.0. The van der Waals surface area contributed by atoms with E-state index in [1.54, 1.807) is 18.7 Å². The number of hydrogen-bond donors (Lipinski definition) is 0. The van der Waals surface area contributed by atoms with Gasteiger partial charge in [-0.25, -0.2) is 8.78 Å². The molecule has 0 aromatic carbocycles. The lowest BCUT2D eigenvalue weighted by Gasteiger charge is -2.24. The van der Waals surface area contributed by atoms with Crippen LogP contribution in [0, 0.1) is 5.92 Å². The molecule has 0 fully saturated rings. The molecule has 0 aliphatic rings. The number of ether oxygens (including phenoxy) is 1. The molecule has 0 rings (SSSR count). The van der Waals surface area contributed by atoms with Crippen LogP contribution in [0.1, 0.15) is 66.7 Å². The first-order valence-electron chi connectivity index (χ1n) is 7.75. The molecule has 0 bridgehead atoms. The highest BCUT2D eigenvalue weighted by Gasteiger charge is 2.27. The van der Waals surface area contributed by atoms with Crippen molar-refractivity contribution in [2.75, 3.05) is 12.4 Å². The number of halogens is 2. The van der Waals surface area contributed by atoms with Crippen molar-refractivity contribution in [1.82, 2.24) is 0 Å². The van der Waals surface area contributed by atoms with Crippen LogP contribution >= 0.6 is 11.8 Å². The molecular formula is C16H30F2O2S. The molecular weight excluding hydrogens is 294 g/mol. The smallest absolute Gasteiger partial charge is 0.306 e. The topological polar surface area (TPSA) is 26.3 Å². The fourth-order valence-electron chi connectivity index (χ4n) is 1.86. The van der Waals surface area contributed by atoms with Crippen molar-refractivity contribution in [2.24, 2.45) is 5.92 Å². The van der Waals surface area contributed by atoms with Gasteiger partial charge in [0.15, 0.2) is 0 Å². The summed E-state index contributed by atoms with van der Waals surface area (Å²) >= 11 is 1.59. The summed E-state index contributed by atoms with van der Waals surface area (Å²) in [5.41, 5.74) is 0. The Morgan fingerprint density at radius 1 is 1.24 bits per heavy atom. The maximum absolute atomic E-state index is 13.3. The van der Waals surface area contributed by atoms with Gasteiger partial charge in [0.25, 0.3) is 0 Å². The fourth-order valence-corrected chi connectivity index (χ4v) is 2.84. The second-order valence-electron chi connectivity index (χ2n) is 6.58. The van der Waals surface area contributed by atoms with Crippen molar-refractivity contribution in [1.29, 1.82) is 0 Å². The van der Waals surface area contributed by atoms with Gasteiger partial charge in [0.05, 0.1) is 0 Å². The molecule has 0 saturated carbocycles. The second-order valence-corrected chi connectivity index (χ2v) is 8.38. The highest BCUT2D eigenvalue weighted by molar-refractivity contribution is 8.00. The molecule has 0 unspecified atom stereocenters. The number of esters is 1. The van der Waals surface area contributed by atoms with E-state index in [0.29, 0.717) is 31.6 Å². The Kier molecular flexibility index (Phi) is 9.50. The van der Waals surface area contributed by atoms with Crippen LogP contribution in [0.4, 0.5) is 8.78 Å². The van der Waals surface area contributed by atoms with Crippen molar-refractivity contribution < 1.29 is 18.3 Å². The summed E-state index contributed by atoms with van der Waals surface area (Å²) in [6.07, 6.45) is 1.33. The van der Waals surface area contributed by atoms with Gasteiger partial charge in [-0.2, -0.15) is 11.8 Å². The first-order chi connectivity index (χ1) is 9.58. The molecule has 126 valence electrons. The SMILES string of the molecule is CCCC(F)(F)CCCSC(C)(C)COC(=O)CC(C)C. The molecule has 0 aromatic rings. The van der Waals surface area contributed by atoms with Crippen LogP contribution in [0.15, 0.2) is 0 Å². The van der Waals surface area contributed by atoms with Crippen LogP contribution in [0.5, 0.6) is 0 Å². The summed E-state index contributed by atoms with van der Waals surface area (Å²) < 4.78 is 31.7. The molecule has 0 amide bonds. The molecule has 0 heterocycles. The standard InChI is InChI=1S/C16H30F2O2S/c1-6-8-16(17,18)9-7-10-21-15(4,5)12-20-14(19)11-13(2)3/h13H,6-12H2,1-5H3. The van der Waals surface area contributed by atoms with Crippen LogP contribution in [-0.2, 0) is 9.53 Å². The number of hydrogen-bond acceptors (Lipinski definition) is 3. The largest absolute Gasteiger partial charge is 0.464 e. The van der Waals surface area contributed by atoms with Gasteiger partial charge >= 0.3 is 5.97 Å². The van der Waals surface area contributed by atoms with Crippen LogP contribution in [0.3, 0.4) is 0 Å². The third-order valence-corrected chi connectivity index (χ3v) is 4.34. The van der Waals surface area contributed by atoms with Crippen LogP contribution in [0.25, 0.3) is 0 Å². The van der Waals surface area contributed by atoms with Gasteiger partial charge in [-0.05, 0) is 31.9 Å². The maximum atomic E-state index is 13.3. The van der Waals surface area contributed by atoms with E-state index < -0.39 is 5.92 Å². The number of rotatable bonds is 11. The Morgan fingerprint density at radius 2 is 1.86 bits per heavy atom. The molecule has 5 heteroatoms. The molecule has 0 N–H and O–H groups in total. The van der Waals surface area contributed by atoms with Crippen LogP contribution in [0.2, 0.25) is 0 Å². The maximum Gasteiger partial charge on any atom is 0.306 e. The van der Waals surface area contributed by atoms with Gasteiger partial charge in [0.1, 0.15) is 6.61 Å².